The summed E-state index contributed by atoms with van der Waals surface area (Å²) >= 11 is 0. The Labute approximate surface area is 163 Å². The molecule has 0 amide bonds. The number of aryl methyl sites for hydroxylation is 2. The van der Waals surface area contributed by atoms with Crippen LogP contribution in [0.1, 0.15) is 36.0 Å². The van der Waals surface area contributed by atoms with E-state index in [0.717, 1.165) is 66.0 Å². The number of pyridine rings is 1. The lowest BCUT2D eigenvalue weighted by atomic mass is 9.96. The number of anilines is 1. The Hall–Kier alpha value is -3.22. The summed E-state index contributed by atoms with van der Waals surface area (Å²) in [5.41, 5.74) is 4.73. The third-order valence-corrected chi connectivity index (χ3v) is 5.42. The average molecular weight is 373 g/mol. The Kier molecular flexibility index (Phi) is 4.07. The predicted molar refractivity (Wildman–Crippen MR) is 108 cm³/mol. The molecule has 1 aliphatic rings. The number of H-pyrrole nitrogens is 1. The zero-order valence-corrected chi connectivity index (χ0v) is 16.1. The monoisotopic (exact) mass is 373 g/mol. The number of rotatable bonds is 3. The van der Waals surface area contributed by atoms with Crippen LogP contribution in [0, 0.1) is 13.8 Å². The molecule has 0 radical (unpaired) electrons. The van der Waals surface area contributed by atoms with Gasteiger partial charge in [-0.2, -0.15) is 5.10 Å². The van der Waals surface area contributed by atoms with Gasteiger partial charge in [-0.15, -0.1) is 0 Å². The van der Waals surface area contributed by atoms with E-state index in [0.29, 0.717) is 5.92 Å². The highest BCUT2D eigenvalue weighted by molar-refractivity contribution is 5.61. The lowest BCUT2D eigenvalue weighted by Gasteiger charge is -2.32. The van der Waals surface area contributed by atoms with Crippen LogP contribution in [0.25, 0.3) is 17.0 Å². The molecule has 0 saturated carbocycles. The van der Waals surface area contributed by atoms with Gasteiger partial charge in [-0.25, -0.2) is 19.5 Å². The van der Waals surface area contributed by atoms with E-state index < -0.39 is 0 Å². The quantitative estimate of drug-likeness (QED) is 0.595. The summed E-state index contributed by atoms with van der Waals surface area (Å²) in [6.07, 6.45) is 5.92. The summed E-state index contributed by atoms with van der Waals surface area (Å²) in [5.74, 6) is 2.62. The average Bonchev–Trinajstić information content (AvgIpc) is 3.34. The summed E-state index contributed by atoms with van der Waals surface area (Å²) < 4.78 is 1.87. The maximum absolute atomic E-state index is 4.92. The van der Waals surface area contributed by atoms with Crippen molar-refractivity contribution in [1.82, 2.24) is 29.5 Å². The minimum Gasteiger partial charge on any atom is -0.357 e. The van der Waals surface area contributed by atoms with Crippen LogP contribution in [0.15, 0.2) is 42.7 Å². The van der Waals surface area contributed by atoms with Gasteiger partial charge in [-0.05, 0) is 51.0 Å². The molecule has 0 aliphatic carbocycles. The van der Waals surface area contributed by atoms with E-state index in [1.807, 2.05) is 42.0 Å². The fourth-order valence-corrected chi connectivity index (χ4v) is 3.90. The van der Waals surface area contributed by atoms with Gasteiger partial charge >= 0.3 is 0 Å². The first kappa shape index (κ1) is 16.9. The lowest BCUT2D eigenvalue weighted by Crippen LogP contribution is -2.33. The second-order valence-electron chi connectivity index (χ2n) is 7.48. The molecule has 0 atom stereocenters. The van der Waals surface area contributed by atoms with Crippen LogP contribution >= 0.6 is 0 Å². The van der Waals surface area contributed by atoms with Crippen LogP contribution in [-0.2, 0) is 0 Å². The fraction of sp³-hybridized carbons (Fsp3) is 0.333. The zero-order chi connectivity index (χ0) is 19.1. The topological polar surface area (TPSA) is 75.0 Å². The van der Waals surface area contributed by atoms with Crippen LogP contribution in [-0.4, -0.2) is 42.6 Å². The van der Waals surface area contributed by atoms with Crippen LogP contribution in [0.5, 0.6) is 0 Å². The van der Waals surface area contributed by atoms with Crippen LogP contribution in [0.4, 0.5) is 5.82 Å². The molecule has 7 nitrogen and oxygen atoms in total. The van der Waals surface area contributed by atoms with Crippen molar-refractivity contribution in [3.8, 4) is 11.4 Å². The van der Waals surface area contributed by atoms with Crippen molar-refractivity contribution in [1.29, 1.82) is 0 Å². The number of aromatic amines is 1. The van der Waals surface area contributed by atoms with Gasteiger partial charge in [0.05, 0.1) is 17.6 Å². The van der Waals surface area contributed by atoms with E-state index >= 15 is 0 Å². The molecule has 1 aliphatic heterocycles. The van der Waals surface area contributed by atoms with Gasteiger partial charge in [0.15, 0.2) is 5.65 Å². The number of nitrogens with zero attached hydrogens (tertiary/aromatic N) is 6. The minimum absolute atomic E-state index is 0.499. The fourth-order valence-electron chi connectivity index (χ4n) is 3.90. The Morgan fingerprint density at radius 3 is 2.64 bits per heavy atom. The number of piperidine rings is 1. The van der Waals surface area contributed by atoms with Gasteiger partial charge in [0, 0.05) is 30.9 Å². The number of imidazole rings is 2. The van der Waals surface area contributed by atoms with Gasteiger partial charge in [0.1, 0.15) is 17.3 Å². The molecule has 28 heavy (non-hydrogen) atoms. The van der Waals surface area contributed by atoms with Crippen LogP contribution in [0.3, 0.4) is 0 Å². The molecule has 0 unspecified atom stereocenters. The van der Waals surface area contributed by atoms with Gasteiger partial charge in [-0.1, -0.05) is 6.07 Å². The number of fused-ring (bicyclic) bond motifs is 1. The van der Waals surface area contributed by atoms with E-state index in [-0.39, 0.29) is 0 Å². The van der Waals surface area contributed by atoms with E-state index in [1.54, 1.807) is 0 Å². The Morgan fingerprint density at radius 2 is 1.86 bits per heavy atom. The third-order valence-electron chi connectivity index (χ3n) is 5.42. The number of hydrogen-bond donors (Lipinski definition) is 1. The Bertz CT molecular complexity index is 1120. The highest BCUT2D eigenvalue weighted by Crippen LogP contribution is 2.29. The van der Waals surface area contributed by atoms with E-state index in [1.165, 1.54) is 0 Å². The first-order chi connectivity index (χ1) is 13.7. The number of nitrogens with one attached hydrogen (secondary N) is 1. The second kappa shape index (κ2) is 6.74. The SMILES string of the molecule is Cc1ccc2ncc(-c3cccc(N4CCC(c5ncc(C)[nH]5)CC4)n3)n2n1. The summed E-state index contributed by atoms with van der Waals surface area (Å²) in [4.78, 5) is 19.6. The van der Waals surface area contributed by atoms with Gasteiger partial charge in [0.25, 0.3) is 0 Å². The van der Waals surface area contributed by atoms with Crippen LogP contribution in [0.2, 0.25) is 0 Å². The van der Waals surface area contributed by atoms with Crippen molar-refractivity contribution < 1.29 is 0 Å². The van der Waals surface area contributed by atoms with E-state index in [2.05, 4.69) is 44.0 Å². The normalized spacial score (nSPS) is 15.4. The number of aromatic nitrogens is 6. The van der Waals surface area contributed by atoms with Crippen LogP contribution < -0.4 is 4.90 Å². The molecule has 5 heterocycles. The highest BCUT2D eigenvalue weighted by atomic mass is 15.3. The summed E-state index contributed by atoms with van der Waals surface area (Å²) in [7, 11) is 0. The number of hydrogen-bond acceptors (Lipinski definition) is 5. The van der Waals surface area contributed by atoms with Crippen molar-refractivity contribution >= 4 is 11.5 Å². The van der Waals surface area contributed by atoms with Crippen molar-refractivity contribution in [2.24, 2.45) is 0 Å². The largest absolute Gasteiger partial charge is 0.357 e. The summed E-state index contributed by atoms with van der Waals surface area (Å²) in [6.45, 7) is 5.99. The molecule has 4 aromatic heterocycles. The Balaban J connectivity index is 1.38. The standard InChI is InChI=1S/C21H23N7/c1-14-6-7-19-22-13-18(28(19)26-14)17-4-3-5-20(25-17)27-10-8-16(9-11-27)21-23-12-15(2)24-21/h3-7,12-13,16H,8-11H2,1-2H3,(H,23,24). The maximum Gasteiger partial charge on any atom is 0.154 e. The maximum atomic E-state index is 4.92. The Morgan fingerprint density at radius 1 is 1.00 bits per heavy atom. The van der Waals surface area contributed by atoms with Gasteiger partial charge in [-0.3, -0.25) is 0 Å². The summed E-state index contributed by atoms with van der Waals surface area (Å²) in [6, 6.07) is 10.1. The molecule has 0 spiro atoms. The second-order valence-corrected chi connectivity index (χ2v) is 7.48. The van der Waals surface area contributed by atoms with E-state index in [4.69, 9.17) is 4.98 Å². The molecule has 7 heteroatoms. The molecular formula is C21H23N7. The molecule has 0 aromatic carbocycles. The molecule has 4 aromatic rings. The molecule has 1 N–H and O–H groups in total. The third kappa shape index (κ3) is 3.02. The highest BCUT2D eigenvalue weighted by Gasteiger charge is 2.23. The molecular weight excluding hydrogens is 350 g/mol. The molecule has 1 saturated heterocycles. The lowest BCUT2D eigenvalue weighted by molar-refractivity contribution is 0.486. The summed E-state index contributed by atoms with van der Waals surface area (Å²) in [5, 5.41) is 4.59. The predicted octanol–water partition coefficient (Wildman–Crippen LogP) is 3.52. The zero-order valence-electron chi connectivity index (χ0n) is 16.1. The van der Waals surface area contributed by atoms with Crippen molar-refractivity contribution in [2.75, 3.05) is 18.0 Å². The van der Waals surface area contributed by atoms with Crippen molar-refractivity contribution in [2.45, 2.75) is 32.6 Å². The molecule has 1 fully saturated rings. The molecule has 5 rings (SSSR count). The minimum atomic E-state index is 0.499. The first-order valence-corrected chi connectivity index (χ1v) is 9.72. The molecule has 142 valence electrons. The first-order valence-electron chi connectivity index (χ1n) is 9.72. The van der Waals surface area contributed by atoms with E-state index in [9.17, 15) is 0 Å². The van der Waals surface area contributed by atoms with Gasteiger partial charge in [0.2, 0.25) is 0 Å². The molecule has 0 bridgehead atoms. The van der Waals surface area contributed by atoms with Crippen molar-refractivity contribution in [3.05, 3.63) is 59.9 Å². The van der Waals surface area contributed by atoms with Gasteiger partial charge < -0.3 is 9.88 Å². The van der Waals surface area contributed by atoms with Crippen molar-refractivity contribution in [3.63, 3.8) is 0 Å². The smallest absolute Gasteiger partial charge is 0.154 e.